The third kappa shape index (κ3) is 7.20. The van der Waals surface area contributed by atoms with Crippen molar-refractivity contribution in [3.8, 4) is 0 Å². The van der Waals surface area contributed by atoms with Crippen molar-refractivity contribution < 1.29 is 19.4 Å². The van der Waals surface area contributed by atoms with E-state index in [0.717, 1.165) is 6.42 Å². The van der Waals surface area contributed by atoms with Gasteiger partial charge in [0.15, 0.2) is 0 Å². The zero-order valence-electron chi connectivity index (χ0n) is 8.37. The molecule has 0 aromatic carbocycles. The zero-order chi connectivity index (χ0) is 11.0. The minimum atomic E-state index is -1.11. The molecular formula is C8H16N2O4. The van der Waals surface area contributed by atoms with Gasteiger partial charge in [0.1, 0.15) is 0 Å². The van der Waals surface area contributed by atoms with Gasteiger partial charge in [-0.05, 0) is 13.3 Å². The molecule has 0 aliphatic heterocycles. The van der Waals surface area contributed by atoms with E-state index in [4.69, 9.17) is 9.84 Å². The van der Waals surface area contributed by atoms with Crippen LogP contribution in [0.4, 0.5) is 9.59 Å². The second kappa shape index (κ2) is 6.99. The van der Waals surface area contributed by atoms with Crippen LogP contribution < -0.4 is 10.6 Å². The maximum atomic E-state index is 10.9. The highest BCUT2D eigenvalue weighted by molar-refractivity contribution is 5.67. The number of carboxylic acid groups (broad SMARTS) is 1. The van der Waals surface area contributed by atoms with Gasteiger partial charge in [0.05, 0.1) is 6.61 Å². The van der Waals surface area contributed by atoms with Crippen LogP contribution in [0.3, 0.4) is 0 Å². The van der Waals surface area contributed by atoms with E-state index in [2.05, 4.69) is 10.6 Å². The topological polar surface area (TPSA) is 87.7 Å². The predicted molar refractivity (Wildman–Crippen MR) is 50.3 cm³/mol. The van der Waals surface area contributed by atoms with Crippen LogP contribution in [0.2, 0.25) is 0 Å². The number of carbonyl (C=O) groups excluding carboxylic acids is 1. The lowest BCUT2D eigenvalue weighted by Crippen LogP contribution is -2.41. The van der Waals surface area contributed by atoms with Crippen molar-refractivity contribution in [2.24, 2.45) is 0 Å². The van der Waals surface area contributed by atoms with Crippen LogP contribution in [0.5, 0.6) is 0 Å². The van der Waals surface area contributed by atoms with Crippen LogP contribution in [-0.2, 0) is 4.74 Å². The average molecular weight is 204 g/mol. The molecule has 0 aliphatic carbocycles. The summed E-state index contributed by atoms with van der Waals surface area (Å²) in [5, 5.41) is 13.0. The van der Waals surface area contributed by atoms with E-state index in [0.29, 0.717) is 6.61 Å². The number of hydrogen-bond acceptors (Lipinski definition) is 3. The van der Waals surface area contributed by atoms with Crippen LogP contribution in [0, 0.1) is 0 Å². The second-order valence-corrected chi connectivity index (χ2v) is 2.87. The lowest BCUT2D eigenvalue weighted by Gasteiger charge is -2.12. The van der Waals surface area contributed by atoms with Crippen molar-refractivity contribution in [2.75, 3.05) is 13.2 Å². The van der Waals surface area contributed by atoms with E-state index in [1.165, 1.54) is 0 Å². The Bertz CT molecular complexity index is 196. The standard InChI is InChI=1S/C8H16N2O4/c1-3-4-14-8(13)9-5-6(2)10-7(11)12/h6,10H,3-5H2,1-2H3,(H,9,13)(H,11,12). The SMILES string of the molecule is CCCOC(=O)NCC(C)NC(=O)O. The number of nitrogens with one attached hydrogen (secondary N) is 2. The van der Waals surface area contributed by atoms with Gasteiger partial charge in [-0.1, -0.05) is 6.92 Å². The fourth-order valence-electron chi connectivity index (χ4n) is 0.744. The van der Waals surface area contributed by atoms with E-state index in [1.807, 2.05) is 6.92 Å². The molecule has 6 nitrogen and oxygen atoms in total. The third-order valence-electron chi connectivity index (χ3n) is 1.36. The van der Waals surface area contributed by atoms with Gasteiger partial charge in [0.2, 0.25) is 0 Å². The first-order chi connectivity index (χ1) is 6.56. The fraction of sp³-hybridized carbons (Fsp3) is 0.750. The highest BCUT2D eigenvalue weighted by Crippen LogP contribution is 1.83. The largest absolute Gasteiger partial charge is 0.465 e. The Morgan fingerprint density at radius 3 is 2.64 bits per heavy atom. The first kappa shape index (κ1) is 12.5. The lowest BCUT2D eigenvalue weighted by atomic mass is 10.3. The van der Waals surface area contributed by atoms with E-state index >= 15 is 0 Å². The van der Waals surface area contributed by atoms with Gasteiger partial charge >= 0.3 is 12.2 Å². The van der Waals surface area contributed by atoms with Gasteiger partial charge in [-0.3, -0.25) is 0 Å². The molecule has 2 amide bonds. The average Bonchev–Trinajstić information content (AvgIpc) is 2.10. The Morgan fingerprint density at radius 1 is 1.50 bits per heavy atom. The maximum absolute atomic E-state index is 10.9. The molecule has 0 aliphatic rings. The van der Waals surface area contributed by atoms with Crippen LogP contribution in [-0.4, -0.2) is 36.5 Å². The molecule has 0 aromatic heterocycles. The normalized spacial score (nSPS) is 11.6. The smallest absolute Gasteiger partial charge is 0.407 e. The highest BCUT2D eigenvalue weighted by atomic mass is 16.5. The summed E-state index contributed by atoms with van der Waals surface area (Å²) in [6, 6.07) is -0.332. The second-order valence-electron chi connectivity index (χ2n) is 2.87. The van der Waals surface area contributed by atoms with Crippen molar-refractivity contribution in [2.45, 2.75) is 26.3 Å². The summed E-state index contributed by atoms with van der Waals surface area (Å²) in [7, 11) is 0. The molecule has 0 bridgehead atoms. The summed E-state index contributed by atoms with van der Waals surface area (Å²) < 4.78 is 4.72. The first-order valence-corrected chi connectivity index (χ1v) is 4.46. The summed E-state index contributed by atoms with van der Waals surface area (Å²) >= 11 is 0. The van der Waals surface area contributed by atoms with E-state index in [-0.39, 0.29) is 12.6 Å². The van der Waals surface area contributed by atoms with Crippen molar-refractivity contribution in [3.05, 3.63) is 0 Å². The fourth-order valence-corrected chi connectivity index (χ4v) is 0.744. The van der Waals surface area contributed by atoms with Gasteiger partial charge in [0, 0.05) is 12.6 Å². The molecule has 3 N–H and O–H groups in total. The van der Waals surface area contributed by atoms with Gasteiger partial charge in [-0.15, -0.1) is 0 Å². The molecule has 14 heavy (non-hydrogen) atoms. The molecule has 0 rings (SSSR count). The number of rotatable bonds is 5. The van der Waals surface area contributed by atoms with Gasteiger partial charge in [-0.2, -0.15) is 0 Å². The minimum Gasteiger partial charge on any atom is -0.465 e. The predicted octanol–water partition coefficient (Wildman–Crippen LogP) is 0.779. The molecular weight excluding hydrogens is 188 g/mol. The lowest BCUT2D eigenvalue weighted by molar-refractivity contribution is 0.144. The van der Waals surface area contributed by atoms with Crippen LogP contribution >= 0.6 is 0 Å². The van der Waals surface area contributed by atoms with E-state index in [1.54, 1.807) is 6.92 Å². The Labute approximate surface area is 82.6 Å². The van der Waals surface area contributed by atoms with Crippen molar-refractivity contribution in [1.29, 1.82) is 0 Å². The number of hydrogen-bond donors (Lipinski definition) is 3. The van der Waals surface area contributed by atoms with E-state index < -0.39 is 12.2 Å². The number of alkyl carbamates (subject to hydrolysis) is 1. The van der Waals surface area contributed by atoms with Gasteiger partial charge in [0.25, 0.3) is 0 Å². The quantitative estimate of drug-likeness (QED) is 0.617. The Hall–Kier alpha value is -1.46. The van der Waals surface area contributed by atoms with Crippen molar-refractivity contribution in [1.82, 2.24) is 10.6 Å². The van der Waals surface area contributed by atoms with Crippen LogP contribution in [0.1, 0.15) is 20.3 Å². The molecule has 0 saturated carbocycles. The molecule has 1 atom stereocenters. The van der Waals surface area contributed by atoms with Crippen LogP contribution in [0.25, 0.3) is 0 Å². The monoisotopic (exact) mass is 204 g/mol. The summed E-state index contributed by atoms with van der Waals surface area (Å²) in [4.78, 5) is 21.1. The molecule has 0 aromatic rings. The molecule has 0 spiro atoms. The zero-order valence-corrected chi connectivity index (χ0v) is 8.37. The molecule has 82 valence electrons. The van der Waals surface area contributed by atoms with Crippen molar-refractivity contribution in [3.63, 3.8) is 0 Å². The van der Waals surface area contributed by atoms with Gasteiger partial charge < -0.3 is 20.5 Å². The Morgan fingerprint density at radius 2 is 2.14 bits per heavy atom. The summed E-state index contributed by atoms with van der Waals surface area (Å²) in [5.41, 5.74) is 0. The van der Waals surface area contributed by atoms with Gasteiger partial charge in [-0.25, -0.2) is 9.59 Å². The molecule has 6 heteroatoms. The molecule has 0 radical (unpaired) electrons. The Balaban J connectivity index is 3.50. The minimum absolute atomic E-state index is 0.217. The molecule has 0 saturated heterocycles. The summed E-state index contributed by atoms with van der Waals surface area (Å²) in [6.45, 7) is 4.12. The van der Waals surface area contributed by atoms with Crippen LogP contribution in [0.15, 0.2) is 0 Å². The number of carbonyl (C=O) groups is 2. The van der Waals surface area contributed by atoms with Crippen molar-refractivity contribution >= 4 is 12.2 Å². The summed E-state index contributed by atoms with van der Waals surface area (Å²) in [5.74, 6) is 0. The molecule has 0 heterocycles. The van der Waals surface area contributed by atoms with E-state index in [9.17, 15) is 9.59 Å². The molecule has 0 fully saturated rings. The first-order valence-electron chi connectivity index (χ1n) is 4.46. The number of ether oxygens (including phenoxy) is 1. The third-order valence-corrected chi connectivity index (χ3v) is 1.36. The highest BCUT2D eigenvalue weighted by Gasteiger charge is 2.07. The summed E-state index contributed by atoms with van der Waals surface area (Å²) in [6.07, 6.45) is -0.872. The molecule has 1 unspecified atom stereocenters. The Kier molecular flexibility index (Phi) is 6.26. The maximum Gasteiger partial charge on any atom is 0.407 e. The number of amides is 2.